The molecule has 0 spiro atoms. The monoisotopic (exact) mass is 588 g/mol. The summed E-state index contributed by atoms with van der Waals surface area (Å²) in [6, 6.07) is 0. The van der Waals surface area contributed by atoms with Crippen molar-refractivity contribution in [2.75, 3.05) is 19.8 Å². The van der Waals surface area contributed by atoms with Crippen LogP contribution in [-0.4, -0.2) is 71.0 Å². The van der Waals surface area contributed by atoms with Crippen LogP contribution in [0.3, 0.4) is 0 Å². The van der Waals surface area contributed by atoms with E-state index in [9.17, 15) is 24.6 Å². The lowest BCUT2D eigenvalue weighted by molar-refractivity contribution is -0.161. The van der Waals surface area contributed by atoms with Crippen LogP contribution in [-0.2, 0) is 23.9 Å². The molecule has 7 atom stereocenters. The number of rotatable bonds is 12. The number of aliphatic hydroxyl groups is 2. The number of ether oxygens (including phenoxy) is 2. The molecule has 2 heterocycles. The van der Waals surface area contributed by atoms with Gasteiger partial charge in [-0.15, -0.1) is 0 Å². The summed E-state index contributed by atoms with van der Waals surface area (Å²) >= 11 is 0. The number of allylic oxidation sites excluding steroid dienone is 1. The van der Waals surface area contributed by atoms with Crippen LogP contribution in [0.1, 0.15) is 110 Å². The number of aliphatic hydroxyl groups excluding tert-OH is 2. The highest BCUT2D eigenvalue weighted by Crippen LogP contribution is 2.62. The topological polar surface area (TPSA) is 151 Å². The Balaban J connectivity index is 1.29. The number of piperidine rings is 1. The number of Topliss-reactive ketones (excluding diaryl/α,β-unsaturated/α-hetero) is 2. The molecular weight excluding hydrogens is 536 g/mol. The quantitative estimate of drug-likeness (QED) is 0.116. The highest BCUT2D eigenvalue weighted by atomic mass is 16.7. The van der Waals surface area contributed by atoms with Gasteiger partial charge in [0.15, 0.2) is 17.2 Å². The minimum atomic E-state index is -1.98. The molecule has 2 aliphatic heterocycles. The number of hydrogen-bond acceptors (Lipinski definition) is 9. The van der Waals surface area contributed by atoms with Gasteiger partial charge in [-0.05, 0) is 82.2 Å². The maximum atomic E-state index is 14.0. The van der Waals surface area contributed by atoms with Crippen molar-refractivity contribution in [2.45, 2.75) is 133 Å². The summed E-state index contributed by atoms with van der Waals surface area (Å²) in [7, 11) is 0. The molecule has 5 N–H and O–H groups in total. The van der Waals surface area contributed by atoms with E-state index in [-0.39, 0.29) is 37.4 Å². The third-order valence-electron chi connectivity index (χ3n) is 11.1. The van der Waals surface area contributed by atoms with Crippen LogP contribution in [0.15, 0.2) is 11.1 Å². The van der Waals surface area contributed by atoms with Gasteiger partial charge in [0.05, 0.1) is 18.9 Å². The Morgan fingerprint density at radius 3 is 2.40 bits per heavy atom. The molecule has 0 radical (unpaired) electrons. The molecule has 5 aliphatic rings. The van der Waals surface area contributed by atoms with Gasteiger partial charge in [-0.25, -0.2) is 4.79 Å². The Bertz CT molecular complexity index is 1040. The number of epoxide rings is 1. The van der Waals surface area contributed by atoms with Crippen LogP contribution in [0.2, 0.25) is 0 Å². The first kappa shape index (κ1) is 31.8. The molecule has 3 aliphatic carbocycles. The van der Waals surface area contributed by atoms with Crippen molar-refractivity contribution in [1.29, 1.82) is 0 Å². The summed E-state index contributed by atoms with van der Waals surface area (Å²) in [5, 5.41) is 24.3. The summed E-state index contributed by atoms with van der Waals surface area (Å²) in [6.07, 6.45) is 13.1. The lowest BCUT2D eigenvalue weighted by atomic mass is 9.60. The van der Waals surface area contributed by atoms with Gasteiger partial charge >= 0.3 is 5.97 Å². The summed E-state index contributed by atoms with van der Waals surface area (Å²) in [4.78, 5) is 41.7. The predicted octanol–water partition coefficient (Wildman–Crippen LogP) is 3.48. The van der Waals surface area contributed by atoms with E-state index in [0.717, 1.165) is 57.1 Å². The zero-order valence-corrected chi connectivity index (χ0v) is 25.4. The van der Waals surface area contributed by atoms with Crippen molar-refractivity contribution in [1.82, 2.24) is 5.32 Å². The first-order valence-corrected chi connectivity index (χ1v) is 16.6. The first-order valence-electron chi connectivity index (χ1n) is 16.6. The van der Waals surface area contributed by atoms with E-state index in [1.807, 2.05) is 6.92 Å². The van der Waals surface area contributed by atoms with Crippen LogP contribution in [0.4, 0.5) is 0 Å². The summed E-state index contributed by atoms with van der Waals surface area (Å²) in [6.45, 7) is 2.34. The molecule has 3 saturated carbocycles. The van der Waals surface area contributed by atoms with Gasteiger partial charge in [-0.3, -0.25) is 9.59 Å². The normalized spacial score (nSPS) is 36.5. The van der Waals surface area contributed by atoms with E-state index in [4.69, 9.17) is 15.2 Å². The smallest absolute Gasteiger partial charge is 0.350 e. The second-order valence-electron chi connectivity index (χ2n) is 13.9. The maximum absolute atomic E-state index is 14.0. The second kappa shape index (κ2) is 13.6. The molecule has 0 aromatic rings. The maximum Gasteiger partial charge on any atom is 0.350 e. The average molecular weight is 589 g/mol. The number of fused-ring (bicyclic) bond motifs is 2. The van der Waals surface area contributed by atoms with Crippen LogP contribution < -0.4 is 11.1 Å². The number of ketones is 2. The van der Waals surface area contributed by atoms with Crippen molar-refractivity contribution in [3.63, 3.8) is 0 Å². The SMILES string of the molecule is CC(CCC1CCNC(N)C1)=C(CO)CC12OC1(C(=O)OCC(O)CCC1CCCCC1)C(=O)C1CCCCC1C2=O. The minimum absolute atomic E-state index is 0.00387. The van der Waals surface area contributed by atoms with Gasteiger partial charge in [-0.2, -0.15) is 0 Å². The molecular formula is C33H52N2O7. The second-order valence-corrected chi connectivity index (χ2v) is 13.9. The van der Waals surface area contributed by atoms with Gasteiger partial charge in [0.2, 0.25) is 0 Å². The predicted molar refractivity (Wildman–Crippen MR) is 157 cm³/mol. The van der Waals surface area contributed by atoms with Crippen LogP contribution in [0.5, 0.6) is 0 Å². The fourth-order valence-corrected chi connectivity index (χ4v) is 8.38. The van der Waals surface area contributed by atoms with E-state index < -0.39 is 35.1 Å². The number of nitrogens with two attached hydrogens (primary N) is 1. The van der Waals surface area contributed by atoms with Crippen molar-refractivity contribution >= 4 is 17.5 Å². The van der Waals surface area contributed by atoms with Gasteiger partial charge in [0.1, 0.15) is 6.61 Å². The third kappa shape index (κ3) is 6.27. The Kier molecular flexibility index (Phi) is 10.2. The zero-order chi connectivity index (χ0) is 29.9. The molecule has 0 amide bonds. The molecule has 2 saturated heterocycles. The highest BCUT2D eigenvalue weighted by Gasteiger charge is 2.87. The molecule has 42 heavy (non-hydrogen) atoms. The number of hydrogen-bond donors (Lipinski definition) is 4. The van der Waals surface area contributed by atoms with Gasteiger partial charge in [0.25, 0.3) is 5.60 Å². The lowest BCUT2D eigenvalue weighted by Gasteiger charge is -2.37. The molecule has 5 fully saturated rings. The Morgan fingerprint density at radius 1 is 1.02 bits per heavy atom. The Morgan fingerprint density at radius 2 is 1.71 bits per heavy atom. The van der Waals surface area contributed by atoms with E-state index >= 15 is 0 Å². The molecule has 7 unspecified atom stereocenters. The van der Waals surface area contributed by atoms with E-state index in [0.29, 0.717) is 36.7 Å². The minimum Gasteiger partial charge on any atom is -0.460 e. The van der Waals surface area contributed by atoms with E-state index in [1.165, 1.54) is 32.1 Å². The number of esters is 1. The lowest BCUT2D eigenvalue weighted by Crippen LogP contribution is -2.58. The third-order valence-corrected chi connectivity index (χ3v) is 11.1. The molecule has 9 nitrogen and oxygen atoms in total. The van der Waals surface area contributed by atoms with Crippen LogP contribution in [0.25, 0.3) is 0 Å². The van der Waals surface area contributed by atoms with Gasteiger partial charge < -0.3 is 30.7 Å². The molecule has 5 rings (SSSR count). The fourth-order valence-electron chi connectivity index (χ4n) is 8.38. The molecule has 236 valence electrons. The van der Waals surface area contributed by atoms with Gasteiger partial charge in [0, 0.05) is 18.3 Å². The Labute approximate surface area is 250 Å². The van der Waals surface area contributed by atoms with Crippen molar-refractivity contribution in [3.05, 3.63) is 11.1 Å². The number of carbonyl (C=O) groups is 3. The van der Waals surface area contributed by atoms with E-state index in [2.05, 4.69) is 5.32 Å². The van der Waals surface area contributed by atoms with Crippen molar-refractivity contribution in [2.24, 2.45) is 29.4 Å². The fraction of sp³-hybridized carbons (Fsp3) is 0.848. The van der Waals surface area contributed by atoms with Crippen molar-refractivity contribution in [3.8, 4) is 0 Å². The largest absolute Gasteiger partial charge is 0.460 e. The number of carbonyl (C=O) groups excluding carboxylic acids is 3. The van der Waals surface area contributed by atoms with Gasteiger partial charge in [-0.1, -0.05) is 50.5 Å². The average Bonchev–Trinajstić information content (AvgIpc) is 3.71. The summed E-state index contributed by atoms with van der Waals surface area (Å²) in [5.41, 5.74) is 4.06. The molecule has 0 bridgehead atoms. The van der Waals surface area contributed by atoms with Crippen molar-refractivity contribution < 1.29 is 34.1 Å². The van der Waals surface area contributed by atoms with Crippen LogP contribution >= 0.6 is 0 Å². The highest BCUT2D eigenvalue weighted by molar-refractivity contribution is 6.23. The summed E-state index contributed by atoms with van der Waals surface area (Å²) in [5.74, 6) is -1.35. The standard InChI is InChI=1S/C33H52N2O7/c1-21(11-12-23-15-16-35-28(34)17-23)24(19-36)18-32-29(38)26-9-5-6-10-27(26)30(39)33(32,42-32)31(40)41-20-25(37)14-13-22-7-3-2-4-8-22/h22-23,25-28,35-37H,2-20,34H2,1H3. The van der Waals surface area contributed by atoms with E-state index in [1.54, 1.807) is 0 Å². The molecule has 0 aromatic heterocycles. The number of nitrogens with one attached hydrogen (secondary N) is 1. The summed E-state index contributed by atoms with van der Waals surface area (Å²) < 4.78 is 11.7. The Hall–Kier alpha value is -1.65. The molecule has 9 heteroatoms. The molecule has 0 aromatic carbocycles. The first-order chi connectivity index (χ1) is 20.2. The van der Waals surface area contributed by atoms with Crippen LogP contribution in [0, 0.1) is 23.7 Å². The zero-order valence-electron chi connectivity index (χ0n) is 25.4.